The van der Waals surface area contributed by atoms with Gasteiger partial charge in [0.2, 0.25) is 0 Å². The first-order valence-electron chi connectivity index (χ1n) is 13.4. The van der Waals surface area contributed by atoms with Crippen LogP contribution in [-0.2, 0) is 0 Å². The Morgan fingerprint density at radius 3 is 2.48 bits per heavy atom. The van der Waals surface area contributed by atoms with Crippen LogP contribution in [0, 0.1) is 34.5 Å². The van der Waals surface area contributed by atoms with Gasteiger partial charge in [-0.25, -0.2) is 0 Å². The van der Waals surface area contributed by atoms with Gasteiger partial charge in [-0.1, -0.05) is 45.8 Å². The minimum absolute atomic E-state index is 0.0740. The molecule has 0 saturated heterocycles. The molecule has 4 aliphatic rings. The van der Waals surface area contributed by atoms with E-state index in [1.54, 1.807) is 5.57 Å². The van der Waals surface area contributed by atoms with Gasteiger partial charge in [0.15, 0.2) is 0 Å². The van der Waals surface area contributed by atoms with E-state index in [-0.39, 0.29) is 12.7 Å². The van der Waals surface area contributed by atoms with Crippen molar-refractivity contribution in [3.8, 4) is 0 Å². The normalized spacial score (nSPS) is 43.5. The molecule has 3 fully saturated rings. The molecule has 0 aromatic carbocycles. The Labute approximate surface area is 191 Å². The lowest BCUT2D eigenvalue weighted by Crippen LogP contribution is -2.50. The molecule has 3 heteroatoms. The van der Waals surface area contributed by atoms with Crippen molar-refractivity contribution in [2.45, 2.75) is 123 Å². The van der Waals surface area contributed by atoms with Crippen LogP contribution >= 0.6 is 0 Å². The number of aliphatic hydroxyl groups excluding tert-OH is 2. The molecule has 0 heterocycles. The maximum Gasteiger partial charge on any atom is 0.0641 e. The third-order valence-electron chi connectivity index (χ3n) is 10.2. The van der Waals surface area contributed by atoms with Crippen LogP contribution in [0.2, 0.25) is 0 Å². The molecule has 0 amide bonds. The van der Waals surface area contributed by atoms with E-state index in [1.165, 1.54) is 44.9 Å². The van der Waals surface area contributed by atoms with Crippen molar-refractivity contribution in [1.29, 1.82) is 0 Å². The van der Waals surface area contributed by atoms with Gasteiger partial charge in [0.1, 0.15) is 0 Å². The largest absolute Gasteiger partial charge is 0.396 e. The van der Waals surface area contributed by atoms with Gasteiger partial charge < -0.3 is 15.3 Å². The van der Waals surface area contributed by atoms with Gasteiger partial charge >= 0.3 is 0 Å². The highest BCUT2D eigenvalue weighted by Crippen LogP contribution is 2.66. The predicted octanol–water partition coefficient (Wildman–Crippen LogP) is 6.26. The van der Waals surface area contributed by atoms with Gasteiger partial charge in [-0.3, -0.25) is 0 Å². The van der Waals surface area contributed by atoms with E-state index in [1.807, 2.05) is 20.8 Å². The molecule has 0 spiro atoms. The molecule has 4 rings (SSSR count). The van der Waals surface area contributed by atoms with E-state index in [2.05, 4.69) is 19.9 Å². The quantitative estimate of drug-likeness (QED) is 0.433. The van der Waals surface area contributed by atoms with Gasteiger partial charge in [-0.05, 0) is 112 Å². The fourth-order valence-electron chi connectivity index (χ4n) is 8.32. The molecule has 8 atom stereocenters. The van der Waals surface area contributed by atoms with Crippen LogP contribution in [0.5, 0.6) is 0 Å². The first-order chi connectivity index (χ1) is 14.7. The van der Waals surface area contributed by atoms with Crippen molar-refractivity contribution in [2.75, 3.05) is 6.61 Å². The summed E-state index contributed by atoms with van der Waals surface area (Å²) in [6.07, 6.45) is 15.8. The number of fused-ring (bicyclic) bond motifs is 5. The number of hydrogen-bond donors (Lipinski definition) is 3. The summed E-state index contributed by atoms with van der Waals surface area (Å²) in [6, 6.07) is 0. The summed E-state index contributed by atoms with van der Waals surface area (Å²) >= 11 is 0. The number of allylic oxidation sites excluding steroid dienone is 1. The van der Waals surface area contributed by atoms with Crippen molar-refractivity contribution in [1.82, 2.24) is 0 Å². The van der Waals surface area contributed by atoms with Gasteiger partial charge in [-0.15, -0.1) is 0 Å². The van der Waals surface area contributed by atoms with Crippen molar-refractivity contribution in [3.63, 3.8) is 0 Å². The Balaban J connectivity index is 0.00000132. The SMILES string of the molecule is CC.CC(O)(CCO)CCCC1CCC2C3CC=C4CC(O)CCC4(C)C3CCC12C. The lowest BCUT2D eigenvalue weighted by molar-refractivity contribution is -0.0518. The average Bonchev–Trinajstić information content (AvgIpc) is 3.06. The molecule has 0 bridgehead atoms. The Bertz CT molecular complexity index is 626. The van der Waals surface area contributed by atoms with E-state index in [9.17, 15) is 10.2 Å². The van der Waals surface area contributed by atoms with E-state index in [0.717, 1.165) is 49.4 Å². The number of aliphatic hydroxyl groups is 3. The van der Waals surface area contributed by atoms with Gasteiger partial charge in [0.25, 0.3) is 0 Å². The highest BCUT2D eigenvalue weighted by Gasteiger charge is 2.58. The average molecular weight is 435 g/mol. The molecule has 0 aromatic rings. The highest BCUT2D eigenvalue weighted by molar-refractivity contribution is 5.25. The van der Waals surface area contributed by atoms with E-state index < -0.39 is 5.60 Å². The van der Waals surface area contributed by atoms with Gasteiger partial charge in [-0.2, -0.15) is 0 Å². The van der Waals surface area contributed by atoms with E-state index in [0.29, 0.717) is 17.3 Å². The summed E-state index contributed by atoms with van der Waals surface area (Å²) in [7, 11) is 0. The second-order valence-electron chi connectivity index (χ2n) is 11.8. The van der Waals surface area contributed by atoms with Crippen molar-refractivity contribution in [2.24, 2.45) is 34.5 Å². The molecule has 8 unspecified atom stereocenters. The second-order valence-corrected chi connectivity index (χ2v) is 11.8. The maximum absolute atomic E-state index is 10.4. The van der Waals surface area contributed by atoms with Gasteiger partial charge in [0, 0.05) is 6.61 Å². The van der Waals surface area contributed by atoms with Crippen molar-refractivity contribution >= 4 is 0 Å². The molecular formula is C28H50O3. The summed E-state index contributed by atoms with van der Waals surface area (Å²) in [5.74, 6) is 3.30. The molecule has 180 valence electrons. The molecule has 0 radical (unpaired) electrons. The van der Waals surface area contributed by atoms with Gasteiger partial charge in [0.05, 0.1) is 11.7 Å². The molecule has 3 saturated carbocycles. The first-order valence-corrected chi connectivity index (χ1v) is 13.4. The predicted molar refractivity (Wildman–Crippen MR) is 129 cm³/mol. The lowest BCUT2D eigenvalue weighted by atomic mass is 9.47. The number of rotatable bonds is 6. The Morgan fingerprint density at radius 1 is 1.03 bits per heavy atom. The molecular weight excluding hydrogens is 384 g/mol. The molecule has 4 aliphatic carbocycles. The summed E-state index contributed by atoms with van der Waals surface area (Å²) < 4.78 is 0. The smallest absolute Gasteiger partial charge is 0.0641 e. The minimum atomic E-state index is -0.712. The fourth-order valence-corrected chi connectivity index (χ4v) is 8.32. The van der Waals surface area contributed by atoms with Crippen LogP contribution in [0.3, 0.4) is 0 Å². The standard InChI is InChI=1S/C26H44O3.C2H6/c1-24(29,15-16-27)12-4-5-18-7-9-22-21-8-6-19-17-20(28)10-13-26(19,3)23(21)11-14-25(18,22)2;1-2/h6,18,20-23,27-29H,4-5,7-17H2,1-3H3;1-2H3. The van der Waals surface area contributed by atoms with Crippen molar-refractivity contribution in [3.05, 3.63) is 11.6 Å². The van der Waals surface area contributed by atoms with Crippen molar-refractivity contribution < 1.29 is 15.3 Å². The monoisotopic (exact) mass is 434 g/mol. The Morgan fingerprint density at radius 2 is 1.77 bits per heavy atom. The van der Waals surface area contributed by atoms with Crippen LogP contribution in [0.25, 0.3) is 0 Å². The summed E-state index contributed by atoms with van der Waals surface area (Å²) in [6.45, 7) is 11.1. The Hall–Kier alpha value is -0.380. The molecule has 0 aromatic heterocycles. The zero-order valence-electron chi connectivity index (χ0n) is 21.0. The highest BCUT2D eigenvalue weighted by atomic mass is 16.3. The zero-order valence-corrected chi connectivity index (χ0v) is 21.0. The molecule has 3 N–H and O–H groups in total. The molecule has 3 nitrogen and oxygen atoms in total. The topological polar surface area (TPSA) is 60.7 Å². The summed E-state index contributed by atoms with van der Waals surface area (Å²) in [4.78, 5) is 0. The van der Waals surface area contributed by atoms with Crippen LogP contribution < -0.4 is 0 Å². The van der Waals surface area contributed by atoms with E-state index >= 15 is 0 Å². The van der Waals surface area contributed by atoms with Crippen LogP contribution in [0.1, 0.15) is 112 Å². The third-order valence-corrected chi connectivity index (χ3v) is 10.2. The zero-order chi connectivity index (χ0) is 22.9. The number of hydrogen-bond acceptors (Lipinski definition) is 3. The van der Waals surface area contributed by atoms with Crippen LogP contribution in [0.15, 0.2) is 11.6 Å². The fraction of sp³-hybridized carbons (Fsp3) is 0.929. The van der Waals surface area contributed by atoms with Crippen LogP contribution in [-0.4, -0.2) is 33.6 Å². The Kier molecular flexibility index (Phi) is 8.03. The summed E-state index contributed by atoms with van der Waals surface area (Å²) in [5, 5.41) is 29.8. The molecule has 31 heavy (non-hydrogen) atoms. The van der Waals surface area contributed by atoms with Crippen LogP contribution in [0.4, 0.5) is 0 Å². The minimum Gasteiger partial charge on any atom is -0.396 e. The summed E-state index contributed by atoms with van der Waals surface area (Å²) in [5.41, 5.74) is 1.67. The maximum atomic E-state index is 10.4. The molecule has 0 aliphatic heterocycles. The first kappa shape index (κ1) is 25.2. The van der Waals surface area contributed by atoms with E-state index in [4.69, 9.17) is 5.11 Å². The third kappa shape index (κ3) is 4.80. The second kappa shape index (κ2) is 9.85. The lowest BCUT2D eigenvalue weighted by Gasteiger charge is -2.58.